The standard InChI is InChI=1S/C23H30N6O2S/c1-3-13-28-21(31)18-10-4-5-11-19(18)29-22(28)25-26-23(29)32-16-20(30)24-12-8-15-27-14-7-6-9-17(27)2/h3-5,10-11,17H,1,6-9,12-16H2,2H3,(H,24,30). The van der Waals surface area contributed by atoms with Crippen LogP contribution in [0.2, 0.25) is 0 Å². The van der Waals surface area contributed by atoms with E-state index < -0.39 is 0 Å². The van der Waals surface area contributed by atoms with E-state index in [9.17, 15) is 9.59 Å². The molecular formula is C23H30N6O2S. The number of thioether (sulfide) groups is 1. The summed E-state index contributed by atoms with van der Waals surface area (Å²) in [6, 6.07) is 8.02. The van der Waals surface area contributed by atoms with Gasteiger partial charge in [-0.3, -0.25) is 18.6 Å². The summed E-state index contributed by atoms with van der Waals surface area (Å²) in [6.45, 7) is 9.23. The summed E-state index contributed by atoms with van der Waals surface area (Å²) in [5, 5.41) is 12.7. The van der Waals surface area contributed by atoms with E-state index in [0.29, 0.717) is 35.5 Å². The van der Waals surface area contributed by atoms with E-state index in [4.69, 9.17) is 0 Å². The van der Waals surface area contributed by atoms with Gasteiger partial charge in [0.05, 0.1) is 16.7 Å². The Morgan fingerprint density at radius 1 is 1.31 bits per heavy atom. The highest BCUT2D eigenvalue weighted by Crippen LogP contribution is 2.21. The quantitative estimate of drug-likeness (QED) is 0.304. The maximum absolute atomic E-state index is 12.8. The smallest absolute Gasteiger partial charge is 0.263 e. The van der Waals surface area contributed by atoms with Crippen molar-refractivity contribution in [2.45, 2.75) is 50.4 Å². The molecular weight excluding hydrogens is 424 g/mol. The normalized spacial score (nSPS) is 17.1. The molecule has 2 aromatic heterocycles. The van der Waals surface area contributed by atoms with Crippen molar-refractivity contribution in [3.05, 3.63) is 47.3 Å². The van der Waals surface area contributed by atoms with Crippen molar-refractivity contribution >= 4 is 34.3 Å². The number of para-hydroxylation sites is 1. The van der Waals surface area contributed by atoms with Gasteiger partial charge in [0.1, 0.15) is 0 Å². The number of rotatable bonds is 9. The molecule has 0 saturated carbocycles. The first kappa shape index (κ1) is 22.5. The van der Waals surface area contributed by atoms with Gasteiger partial charge in [0.15, 0.2) is 5.16 Å². The van der Waals surface area contributed by atoms with Crippen molar-refractivity contribution < 1.29 is 4.79 Å². The van der Waals surface area contributed by atoms with E-state index >= 15 is 0 Å². The maximum atomic E-state index is 12.8. The average Bonchev–Trinajstić information content (AvgIpc) is 3.23. The molecule has 1 aliphatic heterocycles. The number of allylic oxidation sites excluding steroid dienone is 1. The minimum Gasteiger partial charge on any atom is -0.355 e. The number of amides is 1. The molecule has 3 heterocycles. The molecule has 1 saturated heterocycles. The van der Waals surface area contributed by atoms with Gasteiger partial charge in [0, 0.05) is 25.7 Å². The monoisotopic (exact) mass is 454 g/mol. The summed E-state index contributed by atoms with van der Waals surface area (Å²) in [5.74, 6) is 0.671. The molecule has 0 spiro atoms. The van der Waals surface area contributed by atoms with Gasteiger partial charge in [-0.15, -0.1) is 16.8 Å². The number of nitrogens with zero attached hydrogens (tertiary/aromatic N) is 5. The van der Waals surface area contributed by atoms with Crippen molar-refractivity contribution in [3.8, 4) is 0 Å². The second kappa shape index (κ2) is 10.3. The van der Waals surface area contributed by atoms with Crippen molar-refractivity contribution in [3.63, 3.8) is 0 Å². The molecule has 8 nitrogen and oxygen atoms in total. The van der Waals surface area contributed by atoms with Crippen LogP contribution < -0.4 is 10.9 Å². The zero-order chi connectivity index (χ0) is 22.5. The summed E-state index contributed by atoms with van der Waals surface area (Å²) in [5.41, 5.74) is 0.606. The van der Waals surface area contributed by atoms with Gasteiger partial charge in [-0.2, -0.15) is 0 Å². The first-order chi connectivity index (χ1) is 15.6. The third-order valence-electron chi connectivity index (χ3n) is 6.01. The highest BCUT2D eigenvalue weighted by atomic mass is 32.2. The molecule has 1 amide bonds. The van der Waals surface area contributed by atoms with Gasteiger partial charge in [0.2, 0.25) is 11.7 Å². The zero-order valence-corrected chi connectivity index (χ0v) is 19.3. The number of likely N-dealkylation sites (tertiary alicyclic amines) is 1. The Morgan fingerprint density at radius 3 is 2.97 bits per heavy atom. The number of nitrogens with one attached hydrogen (secondary N) is 1. The summed E-state index contributed by atoms with van der Waals surface area (Å²) >= 11 is 1.32. The molecule has 1 N–H and O–H groups in total. The average molecular weight is 455 g/mol. The molecule has 4 rings (SSSR count). The van der Waals surface area contributed by atoms with E-state index in [1.54, 1.807) is 16.7 Å². The molecule has 3 aromatic rings. The van der Waals surface area contributed by atoms with Crippen LogP contribution in [0.1, 0.15) is 32.6 Å². The topological polar surface area (TPSA) is 84.5 Å². The Balaban J connectivity index is 1.40. The largest absolute Gasteiger partial charge is 0.355 e. The molecule has 1 aliphatic rings. The second-order valence-electron chi connectivity index (χ2n) is 8.21. The molecule has 1 fully saturated rings. The van der Waals surface area contributed by atoms with Crippen molar-refractivity contribution in [1.82, 2.24) is 29.4 Å². The number of piperidine rings is 1. The lowest BCUT2D eigenvalue weighted by molar-refractivity contribution is -0.118. The van der Waals surface area contributed by atoms with E-state index in [0.717, 1.165) is 25.0 Å². The van der Waals surface area contributed by atoms with Crippen LogP contribution in [-0.2, 0) is 11.3 Å². The molecule has 1 unspecified atom stereocenters. The molecule has 1 aromatic carbocycles. The second-order valence-corrected chi connectivity index (χ2v) is 9.16. The van der Waals surface area contributed by atoms with Crippen LogP contribution in [0.3, 0.4) is 0 Å². The summed E-state index contributed by atoms with van der Waals surface area (Å²) in [4.78, 5) is 27.8. The fraction of sp³-hybridized carbons (Fsp3) is 0.478. The van der Waals surface area contributed by atoms with Gasteiger partial charge >= 0.3 is 0 Å². The Kier molecular flexibility index (Phi) is 7.26. The molecule has 0 radical (unpaired) electrons. The number of carbonyl (C=O) groups excluding carboxylic acids is 1. The number of benzene rings is 1. The van der Waals surface area contributed by atoms with Gasteiger partial charge in [-0.1, -0.05) is 36.4 Å². The third-order valence-corrected chi connectivity index (χ3v) is 6.94. The van der Waals surface area contributed by atoms with Crippen LogP contribution in [0.15, 0.2) is 46.9 Å². The number of hydrogen-bond acceptors (Lipinski definition) is 6. The lowest BCUT2D eigenvalue weighted by Gasteiger charge is -2.33. The minimum absolute atomic E-state index is 0.0258. The molecule has 1 atom stereocenters. The summed E-state index contributed by atoms with van der Waals surface area (Å²) in [7, 11) is 0. The van der Waals surface area contributed by atoms with Crippen molar-refractivity contribution in [1.29, 1.82) is 0 Å². The first-order valence-corrected chi connectivity index (χ1v) is 12.2. The van der Waals surface area contributed by atoms with E-state index in [2.05, 4.69) is 33.9 Å². The zero-order valence-electron chi connectivity index (χ0n) is 18.5. The van der Waals surface area contributed by atoms with Crippen LogP contribution in [0.25, 0.3) is 16.7 Å². The third kappa shape index (κ3) is 4.73. The van der Waals surface area contributed by atoms with E-state index in [1.165, 1.54) is 31.0 Å². The number of carbonyl (C=O) groups is 1. The summed E-state index contributed by atoms with van der Waals surface area (Å²) in [6.07, 6.45) is 6.48. The molecule has 32 heavy (non-hydrogen) atoms. The number of aromatic nitrogens is 4. The van der Waals surface area contributed by atoms with Gasteiger partial charge in [-0.05, 0) is 44.9 Å². The Bertz CT molecular complexity index is 1170. The fourth-order valence-electron chi connectivity index (χ4n) is 4.30. The number of fused-ring (bicyclic) bond motifs is 3. The predicted molar refractivity (Wildman–Crippen MR) is 128 cm³/mol. The van der Waals surface area contributed by atoms with Crippen molar-refractivity contribution in [2.24, 2.45) is 0 Å². The highest BCUT2D eigenvalue weighted by molar-refractivity contribution is 7.99. The van der Waals surface area contributed by atoms with E-state index in [-0.39, 0.29) is 17.2 Å². The van der Waals surface area contributed by atoms with Gasteiger partial charge in [0.25, 0.3) is 5.56 Å². The lowest BCUT2D eigenvalue weighted by Crippen LogP contribution is -2.39. The maximum Gasteiger partial charge on any atom is 0.263 e. The van der Waals surface area contributed by atoms with Crippen LogP contribution >= 0.6 is 11.8 Å². The van der Waals surface area contributed by atoms with E-state index in [1.807, 2.05) is 22.6 Å². The van der Waals surface area contributed by atoms with Crippen LogP contribution in [0, 0.1) is 0 Å². The van der Waals surface area contributed by atoms with Crippen LogP contribution in [-0.4, -0.2) is 61.4 Å². The van der Waals surface area contributed by atoms with Crippen LogP contribution in [0.5, 0.6) is 0 Å². The number of hydrogen-bond donors (Lipinski definition) is 1. The van der Waals surface area contributed by atoms with Crippen molar-refractivity contribution in [2.75, 3.05) is 25.4 Å². The SMILES string of the molecule is C=CCn1c(=O)c2ccccc2n2c(SCC(=O)NCCCN3CCCCC3C)nnc12. The molecule has 9 heteroatoms. The molecule has 0 bridgehead atoms. The van der Waals surface area contributed by atoms with Gasteiger partial charge in [-0.25, -0.2) is 0 Å². The fourth-order valence-corrected chi connectivity index (χ4v) is 5.07. The minimum atomic E-state index is -0.127. The Hall–Kier alpha value is -2.65. The molecule has 170 valence electrons. The lowest BCUT2D eigenvalue weighted by atomic mass is 10.0. The summed E-state index contributed by atoms with van der Waals surface area (Å²) < 4.78 is 3.39. The highest BCUT2D eigenvalue weighted by Gasteiger charge is 2.18. The Labute approximate surface area is 191 Å². The van der Waals surface area contributed by atoms with Crippen LogP contribution in [0.4, 0.5) is 0 Å². The first-order valence-electron chi connectivity index (χ1n) is 11.2. The van der Waals surface area contributed by atoms with Gasteiger partial charge < -0.3 is 10.2 Å². The Morgan fingerprint density at radius 2 is 2.16 bits per heavy atom. The molecule has 0 aliphatic carbocycles. The predicted octanol–water partition coefficient (Wildman–Crippen LogP) is 2.70.